The lowest BCUT2D eigenvalue weighted by molar-refractivity contribution is -0.146. The minimum Gasteiger partial charge on any atom is -0.338 e. The summed E-state index contributed by atoms with van der Waals surface area (Å²) in [5, 5.41) is 2.18. The van der Waals surface area contributed by atoms with Crippen LogP contribution in [0.3, 0.4) is 0 Å². The average Bonchev–Trinajstić information content (AvgIpc) is 3.33. The van der Waals surface area contributed by atoms with Gasteiger partial charge in [-0.3, -0.25) is 14.5 Å². The molecule has 2 aliphatic heterocycles. The van der Waals surface area contributed by atoms with Gasteiger partial charge >= 0.3 is 0 Å². The standard InChI is InChI=1S/C27H35N3O2S/c1-20-18-28(15-16-30(20)27(32)22-10-6-3-7-11-22)25(31)19-29-14-12-24-23(13-17-33-24)26(29)21-8-4-2-5-9-21/h2,4-5,8-9,13,17,20,22,26H,3,6-7,10-12,14-16,18-19H2,1H3/t20-,26+/m1/s1. The van der Waals surface area contributed by atoms with E-state index in [-0.39, 0.29) is 23.9 Å². The van der Waals surface area contributed by atoms with Crippen molar-refractivity contribution < 1.29 is 9.59 Å². The maximum absolute atomic E-state index is 13.4. The van der Waals surface area contributed by atoms with Crippen LogP contribution >= 0.6 is 11.3 Å². The van der Waals surface area contributed by atoms with Crippen molar-refractivity contribution in [2.45, 2.75) is 57.5 Å². The zero-order valence-electron chi connectivity index (χ0n) is 19.6. The molecule has 33 heavy (non-hydrogen) atoms. The number of carbonyl (C=O) groups is 2. The summed E-state index contributed by atoms with van der Waals surface area (Å²) < 4.78 is 0. The van der Waals surface area contributed by atoms with Gasteiger partial charge in [0.25, 0.3) is 0 Å². The van der Waals surface area contributed by atoms with Crippen LogP contribution in [-0.2, 0) is 16.0 Å². The van der Waals surface area contributed by atoms with Gasteiger partial charge in [-0.25, -0.2) is 0 Å². The topological polar surface area (TPSA) is 43.9 Å². The Hall–Kier alpha value is -2.18. The molecule has 1 saturated carbocycles. The molecule has 1 aliphatic carbocycles. The van der Waals surface area contributed by atoms with Crippen molar-refractivity contribution in [3.8, 4) is 0 Å². The number of hydrogen-bond acceptors (Lipinski definition) is 4. The Balaban J connectivity index is 1.24. The molecule has 5 nitrogen and oxygen atoms in total. The Morgan fingerprint density at radius 1 is 1.00 bits per heavy atom. The highest BCUT2D eigenvalue weighted by atomic mass is 32.1. The fourth-order valence-electron chi connectivity index (χ4n) is 5.93. The number of benzene rings is 1. The fraction of sp³-hybridized carbons (Fsp3) is 0.556. The molecule has 3 aliphatic rings. The zero-order valence-corrected chi connectivity index (χ0v) is 20.4. The van der Waals surface area contributed by atoms with Crippen LogP contribution in [0.4, 0.5) is 0 Å². The molecule has 2 fully saturated rings. The van der Waals surface area contributed by atoms with Crippen molar-refractivity contribution in [3.05, 3.63) is 57.8 Å². The van der Waals surface area contributed by atoms with Gasteiger partial charge in [-0.1, -0.05) is 49.6 Å². The van der Waals surface area contributed by atoms with Gasteiger partial charge < -0.3 is 9.80 Å². The van der Waals surface area contributed by atoms with Crippen molar-refractivity contribution in [1.29, 1.82) is 0 Å². The molecule has 5 rings (SSSR count). The summed E-state index contributed by atoms with van der Waals surface area (Å²) in [5.41, 5.74) is 2.60. The molecular weight excluding hydrogens is 430 g/mol. The normalized spacial score (nSPS) is 24.5. The highest BCUT2D eigenvalue weighted by Crippen LogP contribution is 2.37. The molecule has 6 heteroatoms. The first kappa shape index (κ1) is 22.6. The summed E-state index contributed by atoms with van der Waals surface area (Å²) in [4.78, 5) is 34.3. The largest absolute Gasteiger partial charge is 0.338 e. The van der Waals surface area contributed by atoms with Crippen molar-refractivity contribution in [2.75, 3.05) is 32.7 Å². The van der Waals surface area contributed by atoms with Crippen LogP contribution in [0.5, 0.6) is 0 Å². The third kappa shape index (κ3) is 4.73. The van der Waals surface area contributed by atoms with E-state index >= 15 is 0 Å². The van der Waals surface area contributed by atoms with E-state index in [9.17, 15) is 9.59 Å². The predicted molar refractivity (Wildman–Crippen MR) is 132 cm³/mol. The monoisotopic (exact) mass is 465 g/mol. The van der Waals surface area contributed by atoms with E-state index in [1.165, 1.54) is 35.3 Å². The van der Waals surface area contributed by atoms with Crippen LogP contribution in [0.1, 0.15) is 61.1 Å². The second kappa shape index (κ2) is 9.98. The summed E-state index contributed by atoms with van der Waals surface area (Å²) in [5.74, 6) is 0.703. The molecule has 0 N–H and O–H groups in total. The van der Waals surface area contributed by atoms with Crippen LogP contribution in [0, 0.1) is 5.92 Å². The quantitative estimate of drug-likeness (QED) is 0.675. The van der Waals surface area contributed by atoms with Gasteiger partial charge in [-0.2, -0.15) is 0 Å². The molecule has 0 bridgehead atoms. The van der Waals surface area contributed by atoms with Gasteiger partial charge in [0.05, 0.1) is 12.6 Å². The van der Waals surface area contributed by atoms with E-state index in [0.29, 0.717) is 32.1 Å². The van der Waals surface area contributed by atoms with Crippen molar-refractivity contribution in [1.82, 2.24) is 14.7 Å². The molecule has 1 saturated heterocycles. The molecular formula is C27H35N3O2S. The van der Waals surface area contributed by atoms with E-state index < -0.39 is 0 Å². The first-order chi connectivity index (χ1) is 16.1. The maximum Gasteiger partial charge on any atom is 0.236 e. The number of nitrogens with zero attached hydrogens (tertiary/aromatic N) is 3. The summed E-state index contributed by atoms with van der Waals surface area (Å²) in [6.07, 6.45) is 6.68. The van der Waals surface area contributed by atoms with Crippen LogP contribution < -0.4 is 0 Å². The van der Waals surface area contributed by atoms with Crippen LogP contribution in [0.2, 0.25) is 0 Å². The summed E-state index contributed by atoms with van der Waals surface area (Å²) >= 11 is 1.83. The lowest BCUT2D eigenvalue weighted by atomic mass is 9.88. The SMILES string of the molecule is C[C@@H]1CN(C(=O)CN2CCc3sccc3[C@@H]2c2ccccc2)CCN1C(=O)C1CCCCC1. The molecule has 2 atom stereocenters. The lowest BCUT2D eigenvalue weighted by Gasteiger charge is -2.43. The summed E-state index contributed by atoms with van der Waals surface area (Å²) in [6.45, 7) is 5.39. The lowest BCUT2D eigenvalue weighted by Crippen LogP contribution is -2.58. The number of fused-ring (bicyclic) bond motifs is 1. The van der Waals surface area contributed by atoms with Gasteiger partial charge in [-0.05, 0) is 48.8 Å². The number of thiophene rings is 1. The molecule has 0 unspecified atom stereocenters. The van der Waals surface area contributed by atoms with E-state index in [4.69, 9.17) is 0 Å². The van der Waals surface area contributed by atoms with E-state index in [2.05, 4.69) is 47.5 Å². The molecule has 176 valence electrons. The van der Waals surface area contributed by atoms with Crippen LogP contribution in [0.15, 0.2) is 41.8 Å². The van der Waals surface area contributed by atoms with Crippen molar-refractivity contribution in [3.63, 3.8) is 0 Å². The summed E-state index contributed by atoms with van der Waals surface area (Å²) in [6, 6.07) is 13.0. The van der Waals surface area contributed by atoms with Gasteiger partial charge in [0.1, 0.15) is 0 Å². The van der Waals surface area contributed by atoms with Crippen LogP contribution in [-0.4, -0.2) is 65.3 Å². The average molecular weight is 466 g/mol. The second-order valence-corrected chi connectivity index (χ2v) is 10.9. The Bertz CT molecular complexity index is 969. The third-order valence-corrected chi connectivity index (χ3v) is 8.73. The number of amides is 2. The maximum atomic E-state index is 13.4. The van der Waals surface area contributed by atoms with E-state index in [1.54, 1.807) is 0 Å². The highest BCUT2D eigenvalue weighted by molar-refractivity contribution is 7.10. The molecule has 2 amide bonds. The van der Waals surface area contributed by atoms with E-state index in [0.717, 1.165) is 25.8 Å². The van der Waals surface area contributed by atoms with Gasteiger partial charge in [0, 0.05) is 43.0 Å². The molecule has 0 spiro atoms. The van der Waals surface area contributed by atoms with Crippen molar-refractivity contribution in [2.24, 2.45) is 5.92 Å². The van der Waals surface area contributed by atoms with Gasteiger partial charge in [-0.15, -0.1) is 11.3 Å². The van der Waals surface area contributed by atoms with E-state index in [1.807, 2.05) is 27.2 Å². The van der Waals surface area contributed by atoms with Crippen LogP contribution in [0.25, 0.3) is 0 Å². The molecule has 1 aromatic carbocycles. The fourth-order valence-corrected chi connectivity index (χ4v) is 6.84. The third-order valence-electron chi connectivity index (χ3n) is 7.74. The minimum absolute atomic E-state index is 0.0897. The number of carbonyl (C=O) groups excluding carboxylic acids is 2. The van der Waals surface area contributed by atoms with Gasteiger partial charge in [0.15, 0.2) is 0 Å². The molecule has 1 aromatic heterocycles. The number of hydrogen-bond donors (Lipinski definition) is 0. The Morgan fingerprint density at radius 3 is 2.55 bits per heavy atom. The molecule has 0 radical (unpaired) electrons. The zero-order chi connectivity index (χ0) is 22.8. The van der Waals surface area contributed by atoms with Crippen molar-refractivity contribution >= 4 is 23.2 Å². The first-order valence-corrected chi connectivity index (χ1v) is 13.4. The Kier molecular flexibility index (Phi) is 6.84. The summed E-state index contributed by atoms with van der Waals surface area (Å²) in [7, 11) is 0. The molecule has 3 heterocycles. The first-order valence-electron chi connectivity index (χ1n) is 12.6. The highest BCUT2D eigenvalue weighted by Gasteiger charge is 2.36. The predicted octanol–water partition coefficient (Wildman–Crippen LogP) is 4.34. The molecule has 2 aromatic rings. The number of piperazine rings is 1. The second-order valence-electron chi connectivity index (χ2n) is 9.89. The smallest absolute Gasteiger partial charge is 0.236 e. The van der Waals surface area contributed by atoms with Gasteiger partial charge in [0.2, 0.25) is 11.8 Å². The minimum atomic E-state index is 0.0897. The Labute approximate surface area is 201 Å². The Morgan fingerprint density at radius 2 is 1.79 bits per heavy atom. The number of rotatable bonds is 4.